The first-order valence-electron chi connectivity index (χ1n) is 4.67. The monoisotopic (exact) mass is 212 g/mol. The van der Waals surface area contributed by atoms with Crippen LogP contribution in [-0.2, 0) is 0 Å². The van der Waals surface area contributed by atoms with Gasteiger partial charge in [0.05, 0.1) is 6.10 Å². The summed E-state index contributed by atoms with van der Waals surface area (Å²) >= 11 is 5.98. The van der Waals surface area contributed by atoms with E-state index < -0.39 is 0 Å². The van der Waals surface area contributed by atoms with Crippen molar-refractivity contribution < 1.29 is 4.74 Å². The molecule has 3 nitrogen and oxygen atoms in total. The van der Waals surface area contributed by atoms with Crippen LogP contribution in [0.15, 0.2) is 12.1 Å². The molecule has 1 aromatic rings. The van der Waals surface area contributed by atoms with E-state index in [4.69, 9.17) is 16.3 Å². The first-order valence-corrected chi connectivity index (χ1v) is 5.05. The summed E-state index contributed by atoms with van der Waals surface area (Å²) in [7, 11) is 3.86. The van der Waals surface area contributed by atoms with Crippen molar-refractivity contribution in [2.24, 2.45) is 0 Å². The molecule has 0 unspecified atom stereocenters. The fourth-order valence-electron chi connectivity index (χ4n) is 1.11. The number of pyridine rings is 1. The summed E-state index contributed by atoms with van der Waals surface area (Å²) in [5.74, 6) is 1.54. The molecule has 4 heteroatoms. The average Bonchev–Trinajstić information content (AvgIpc) is 2.92. The Morgan fingerprint density at radius 1 is 1.43 bits per heavy atom. The van der Waals surface area contributed by atoms with Crippen molar-refractivity contribution in [3.8, 4) is 5.75 Å². The predicted molar refractivity (Wildman–Crippen MR) is 57.2 cm³/mol. The highest BCUT2D eigenvalue weighted by atomic mass is 35.5. The van der Waals surface area contributed by atoms with Gasteiger partial charge in [0.1, 0.15) is 5.82 Å². The fraction of sp³-hybridized carbons (Fsp3) is 0.500. The van der Waals surface area contributed by atoms with E-state index in [0.29, 0.717) is 17.0 Å². The van der Waals surface area contributed by atoms with Crippen LogP contribution in [0, 0.1) is 0 Å². The van der Waals surface area contributed by atoms with Crippen LogP contribution in [0.5, 0.6) is 5.75 Å². The third-order valence-electron chi connectivity index (χ3n) is 2.08. The molecule has 1 saturated carbocycles. The van der Waals surface area contributed by atoms with Crippen molar-refractivity contribution in [1.82, 2.24) is 4.98 Å². The van der Waals surface area contributed by atoms with E-state index in [0.717, 1.165) is 18.7 Å². The van der Waals surface area contributed by atoms with Gasteiger partial charge in [-0.2, -0.15) is 0 Å². The van der Waals surface area contributed by atoms with Gasteiger partial charge in [-0.3, -0.25) is 0 Å². The Kier molecular flexibility index (Phi) is 2.50. The topological polar surface area (TPSA) is 25.4 Å². The molecule has 0 radical (unpaired) electrons. The summed E-state index contributed by atoms with van der Waals surface area (Å²) in [4.78, 5) is 6.13. The largest absolute Gasteiger partial charge is 0.487 e. The highest BCUT2D eigenvalue weighted by Crippen LogP contribution is 2.31. The Morgan fingerprint density at radius 2 is 2.14 bits per heavy atom. The molecule has 1 aliphatic carbocycles. The van der Waals surface area contributed by atoms with E-state index in [9.17, 15) is 0 Å². The zero-order valence-corrected chi connectivity index (χ0v) is 9.08. The zero-order valence-electron chi connectivity index (χ0n) is 8.33. The molecule has 0 amide bonds. The zero-order chi connectivity index (χ0) is 10.1. The smallest absolute Gasteiger partial charge is 0.173 e. The van der Waals surface area contributed by atoms with Crippen LogP contribution < -0.4 is 9.64 Å². The van der Waals surface area contributed by atoms with Crippen LogP contribution in [0.4, 0.5) is 5.82 Å². The van der Waals surface area contributed by atoms with Gasteiger partial charge in [-0.15, -0.1) is 0 Å². The standard InChI is InChI=1S/C10H13ClN2O/c1-13(2)9-6-5-8(10(11)12-9)14-7-3-4-7/h5-7H,3-4H2,1-2H3. The quantitative estimate of drug-likeness (QED) is 0.720. The Hall–Kier alpha value is -0.960. The summed E-state index contributed by atoms with van der Waals surface area (Å²) < 4.78 is 5.58. The molecule has 0 aliphatic heterocycles. The minimum atomic E-state index is 0.361. The molecular formula is C10H13ClN2O. The maximum Gasteiger partial charge on any atom is 0.173 e. The molecule has 0 saturated heterocycles. The van der Waals surface area contributed by atoms with Gasteiger partial charge in [0.25, 0.3) is 0 Å². The molecule has 0 N–H and O–H groups in total. The summed E-state index contributed by atoms with van der Waals surface area (Å²) in [5.41, 5.74) is 0. The molecule has 0 spiro atoms. The second kappa shape index (κ2) is 3.65. The Labute approximate surface area is 88.6 Å². The van der Waals surface area contributed by atoms with E-state index in [2.05, 4.69) is 4.98 Å². The van der Waals surface area contributed by atoms with E-state index >= 15 is 0 Å². The Bertz CT molecular complexity index is 337. The molecule has 0 atom stereocenters. The fourth-order valence-corrected chi connectivity index (χ4v) is 1.31. The van der Waals surface area contributed by atoms with Gasteiger partial charge in [0.2, 0.25) is 0 Å². The SMILES string of the molecule is CN(C)c1ccc(OC2CC2)c(Cl)n1. The minimum absolute atomic E-state index is 0.361. The van der Waals surface area contributed by atoms with Crippen molar-refractivity contribution in [3.05, 3.63) is 17.3 Å². The van der Waals surface area contributed by atoms with Crippen molar-refractivity contribution in [3.63, 3.8) is 0 Å². The van der Waals surface area contributed by atoms with Gasteiger partial charge in [-0.25, -0.2) is 4.98 Å². The number of rotatable bonds is 3. The summed E-state index contributed by atoms with van der Waals surface area (Å²) in [6, 6.07) is 3.78. The number of halogens is 1. The first-order chi connectivity index (χ1) is 6.66. The van der Waals surface area contributed by atoms with Gasteiger partial charge in [-0.05, 0) is 25.0 Å². The number of ether oxygens (including phenoxy) is 1. The van der Waals surface area contributed by atoms with Crippen LogP contribution >= 0.6 is 11.6 Å². The maximum atomic E-state index is 5.98. The second-order valence-electron chi connectivity index (χ2n) is 3.67. The van der Waals surface area contributed by atoms with E-state index in [1.54, 1.807) is 0 Å². The van der Waals surface area contributed by atoms with Crippen LogP contribution in [0.25, 0.3) is 0 Å². The van der Waals surface area contributed by atoms with Gasteiger partial charge >= 0.3 is 0 Å². The van der Waals surface area contributed by atoms with Crippen LogP contribution in [0.2, 0.25) is 5.15 Å². The summed E-state index contributed by atoms with van der Waals surface area (Å²) in [6.45, 7) is 0. The van der Waals surface area contributed by atoms with E-state index in [1.807, 2.05) is 31.1 Å². The van der Waals surface area contributed by atoms with Crippen molar-refractivity contribution >= 4 is 17.4 Å². The highest BCUT2D eigenvalue weighted by molar-refractivity contribution is 6.30. The third kappa shape index (κ3) is 2.10. The molecule has 0 aromatic carbocycles. The molecule has 1 heterocycles. The number of hydrogen-bond donors (Lipinski definition) is 0. The molecule has 1 fully saturated rings. The number of aromatic nitrogens is 1. The molecular weight excluding hydrogens is 200 g/mol. The van der Waals surface area contributed by atoms with Crippen molar-refractivity contribution in [2.45, 2.75) is 18.9 Å². The lowest BCUT2D eigenvalue weighted by Crippen LogP contribution is -2.10. The maximum absolute atomic E-state index is 5.98. The van der Waals surface area contributed by atoms with E-state index in [1.165, 1.54) is 0 Å². The Morgan fingerprint density at radius 3 is 2.64 bits per heavy atom. The normalized spacial score (nSPS) is 15.4. The molecule has 0 bridgehead atoms. The lowest BCUT2D eigenvalue weighted by Gasteiger charge is -2.13. The van der Waals surface area contributed by atoms with E-state index in [-0.39, 0.29) is 0 Å². The summed E-state index contributed by atoms with van der Waals surface area (Å²) in [6.07, 6.45) is 2.62. The molecule has 2 rings (SSSR count). The lowest BCUT2D eigenvalue weighted by molar-refractivity contribution is 0.302. The van der Waals surface area contributed by atoms with Crippen LogP contribution in [-0.4, -0.2) is 25.2 Å². The second-order valence-corrected chi connectivity index (χ2v) is 4.03. The van der Waals surface area contributed by atoms with Gasteiger partial charge < -0.3 is 9.64 Å². The van der Waals surface area contributed by atoms with Gasteiger partial charge in [0, 0.05) is 14.1 Å². The number of nitrogens with zero attached hydrogens (tertiary/aromatic N) is 2. The molecule has 14 heavy (non-hydrogen) atoms. The summed E-state index contributed by atoms with van der Waals surface area (Å²) in [5, 5.41) is 0.447. The average molecular weight is 213 g/mol. The van der Waals surface area contributed by atoms with Gasteiger partial charge in [0.15, 0.2) is 10.9 Å². The molecule has 76 valence electrons. The van der Waals surface area contributed by atoms with Gasteiger partial charge in [-0.1, -0.05) is 11.6 Å². The van der Waals surface area contributed by atoms with Crippen molar-refractivity contribution in [2.75, 3.05) is 19.0 Å². The first kappa shape index (κ1) is 9.59. The third-order valence-corrected chi connectivity index (χ3v) is 2.35. The van der Waals surface area contributed by atoms with Crippen LogP contribution in [0.3, 0.4) is 0 Å². The lowest BCUT2D eigenvalue weighted by atomic mass is 10.4. The molecule has 1 aliphatic rings. The minimum Gasteiger partial charge on any atom is -0.487 e. The number of anilines is 1. The predicted octanol–water partition coefficient (Wildman–Crippen LogP) is 2.34. The Balaban J connectivity index is 2.17. The highest BCUT2D eigenvalue weighted by Gasteiger charge is 2.24. The number of hydrogen-bond acceptors (Lipinski definition) is 3. The van der Waals surface area contributed by atoms with Crippen molar-refractivity contribution in [1.29, 1.82) is 0 Å². The molecule has 1 aromatic heterocycles. The van der Waals surface area contributed by atoms with Crippen LogP contribution in [0.1, 0.15) is 12.8 Å².